The second-order valence-corrected chi connectivity index (χ2v) is 4.09. The van der Waals surface area contributed by atoms with Gasteiger partial charge in [-0.1, -0.05) is 34.1 Å². The lowest BCUT2D eigenvalue weighted by molar-refractivity contribution is 0.616. The van der Waals surface area contributed by atoms with Crippen molar-refractivity contribution in [2.75, 3.05) is 0 Å². The van der Waals surface area contributed by atoms with Crippen LogP contribution in [0.3, 0.4) is 0 Å². The van der Waals surface area contributed by atoms with Gasteiger partial charge < -0.3 is 4.42 Å². The summed E-state index contributed by atoms with van der Waals surface area (Å²) in [6, 6.07) is 12.3. The maximum atomic E-state index is 5.36. The first-order valence-electron chi connectivity index (χ1n) is 4.41. The highest BCUT2D eigenvalue weighted by molar-refractivity contribution is 9.10. The summed E-state index contributed by atoms with van der Waals surface area (Å²) >= 11 is 3.56. The molecule has 0 saturated carbocycles. The summed E-state index contributed by atoms with van der Waals surface area (Å²) in [6.45, 7) is 0. The number of rotatable bonds is 0. The molecule has 0 amide bonds. The maximum Gasteiger partial charge on any atom is 0.134 e. The molecular weight excluding hydrogens is 240 g/mol. The Morgan fingerprint density at radius 1 is 1.00 bits per heavy atom. The van der Waals surface area contributed by atoms with Gasteiger partial charge in [0, 0.05) is 15.2 Å². The van der Waals surface area contributed by atoms with Crippen LogP contribution in [0.5, 0.6) is 0 Å². The van der Waals surface area contributed by atoms with Gasteiger partial charge in [0.05, 0.1) is 6.26 Å². The van der Waals surface area contributed by atoms with Crippen molar-refractivity contribution in [3.8, 4) is 0 Å². The van der Waals surface area contributed by atoms with E-state index in [2.05, 4.69) is 34.1 Å². The molecule has 0 spiro atoms. The van der Waals surface area contributed by atoms with Crippen LogP contribution in [0, 0.1) is 0 Å². The molecule has 14 heavy (non-hydrogen) atoms. The predicted molar refractivity (Wildman–Crippen MR) is 61.4 cm³/mol. The highest BCUT2D eigenvalue weighted by Crippen LogP contribution is 2.31. The second-order valence-electron chi connectivity index (χ2n) is 3.24. The number of benzene rings is 2. The number of hydrogen-bond acceptors (Lipinski definition) is 1. The monoisotopic (exact) mass is 246 g/mol. The van der Waals surface area contributed by atoms with Crippen molar-refractivity contribution in [2.24, 2.45) is 0 Å². The smallest absolute Gasteiger partial charge is 0.134 e. The molecule has 1 aromatic heterocycles. The average Bonchev–Trinajstić information content (AvgIpc) is 2.65. The van der Waals surface area contributed by atoms with Gasteiger partial charge in [0.1, 0.15) is 5.58 Å². The van der Waals surface area contributed by atoms with Crippen molar-refractivity contribution >= 4 is 37.7 Å². The Morgan fingerprint density at radius 3 is 2.86 bits per heavy atom. The molecule has 1 heterocycles. The van der Waals surface area contributed by atoms with Crippen LogP contribution in [0.25, 0.3) is 21.7 Å². The molecule has 2 aromatic carbocycles. The van der Waals surface area contributed by atoms with Gasteiger partial charge in [0.15, 0.2) is 0 Å². The van der Waals surface area contributed by atoms with Crippen molar-refractivity contribution in [3.05, 3.63) is 47.1 Å². The molecule has 68 valence electrons. The fourth-order valence-electron chi connectivity index (χ4n) is 1.79. The molecule has 0 unspecified atom stereocenters. The van der Waals surface area contributed by atoms with Crippen molar-refractivity contribution in [3.63, 3.8) is 0 Å². The summed E-state index contributed by atoms with van der Waals surface area (Å²) in [6.07, 6.45) is 1.73. The van der Waals surface area contributed by atoms with Crippen LogP contribution in [0.2, 0.25) is 0 Å². The van der Waals surface area contributed by atoms with Crippen LogP contribution >= 0.6 is 15.9 Å². The van der Waals surface area contributed by atoms with E-state index in [0.717, 1.165) is 15.4 Å². The first-order valence-corrected chi connectivity index (χ1v) is 5.20. The Labute approximate surface area is 89.5 Å². The van der Waals surface area contributed by atoms with Gasteiger partial charge in [-0.15, -0.1) is 0 Å². The summed E-state index contributed by atoms with van der Waals surface area (Å²) < 4.78 is 6.47. The predicted octanol–water partition coefficient (Wildman–Crippen LogP) is 4.35. The minimum Gasteiger partial charge on any atom is -0.464 e. The highest BCUT2D eigenvalue weighted by atomic mass is 79.9. The molecule has 0 fully saturated rings. The molecule has 0 N–H and O–H groups in total. The van der Waals surface area contributed by atoms with Crippen molar-refractivity contribution < 1.29 is 4.42 Å². The molecule has 0 aliphatic carbocycles. The lowest BCUT2D eigenvalue weighted by atomic mass is 10.1. The fraction of sp³-hybridized carbons (Fsp3) is 0. The SMILES string of the molecule is Brc1cccc2ccc3occc3c12. The molecular formula is C12H7BrO. The molecule has 0 aliphatic heterocycles. The topological polar surface area (TPSA) is 13.1 Å². The second kappa shape index (κ2) is 2.85. The normalized spacial score (nSPS) is 11.2. The summed E-state index contributed by atoms with van der Waals surface area (Å²) in [7, 11) is 0. The minimum absolute atomic E-state index is 0.935. The third-order valence-electron chi connectivity index (χ3n) is 2.42. The molecule has 3 rings (SSSR count). The summed E-state index contributed by atoms with van der Waals surface area (Å²) in [5.41, 5.74) is 0.935. The minimum atomic E-state index is 0.935. The lowest BCUT2D eigenvalue weighted by Gasteiger charge is -2.00. The fourth-order valence-corrected chi connectivity index (χ4v) is 2.38. The van der Waals surface area contributed by atoms with E-state index < -0.39 is 0 Å². The summed E-state index contributed by atoms with van der Waals surface area (Å²) in [4.78, 5) is 0. The van der Waals surface area contributed by atoms with Crippen LogP contribution in [0.4, 0.5) is 0 Å². The van der Waals surface area contributed by atoms with Crippen LogP contribution < -0.4 is 0 Å². The van der Waals surface area contributed by atoms with Gasteiger partial charge in [0.25, 0.3) is 0 Å². The zero-order chi connectivity index (χ0) is 9.54. The quantitative estimate of drug-likeness (QED) is 0.575. The van der Waals surface area contributed by atoms with Gasteiger partial charge in [0.2, 0.25) is 0 Å². The summed E-state index contributed by atoms with van der Waals surface area (Å²) in [5, 5.41) is 3.61. The molecule has 0 atom stereocenters. The first-order chi connectivity index (χ1) is 6.86. The van der Waals surface area contributed by atoms with Gasteiger partial charge in [-0.05, 0) is 23.6 Å². The third kappa shape index (κ3) is 1.01. The first kappa shape index (κ1) is 8.06. The van der Waals surface area contributed by atoms with E-state index in [-0.39, 0.29) is 0 Å². The number of fused-ring (bicyclic) bond motifs is 3. The number of furan rings is 1. The van der Waals surface area contributed by atoms with Crippen LogP contribution in [-0.2, 0) is 0 Å². The van der Waals surface area contributed by atoms with Crippen LogP contribution in [0.15, 0.2) is 51.6 Å². The molecule has 0 aliphatic rings. The largest absolute Gasteiger partial charge is 0.464 e. The van der Waals surface area contributed by atoms with Gasteiger partial charge in [-0.3, -0.25) is 0 Å². The summed E-state index contributed by atoms with van der Waals surface area (Å²) in [5.74, 6) is 0. The third-order valence-corrected chi connectivity index (χ3v) is 3.09. The van der Waals surface area contributed by atoms with Crippen LogP contribution in [-0.4, -0.2) is 0 Å². The molecule has 0 bridgehead atoms. The highest BCUT2D eigenvalue weighted by Gasteiger charge is 2.04. The average molecular weight is 247 g/mol. The van der Waals surface area contributed by atoms with E-state index in [1.54, 1.807) is 6.26 Å². The molecule has 0 saturated heterocycles. The van der Waals surface area contributed by atoms with Crippen molar-refractivity contribution in [1.82, 2.24) is 0 Å². The van der Waals surface area contributed by atoms with E-state index in [9.17, 15) is 0 Å². The Morgan fingerprint density at radius 2 is 1.93 bits per heavy atom. The number of hydrogen-bond donors (Lipinski definition) is 0. The number of halogens is 1. The van der Waals surface area contributed by atoms with E-state index in [1.807, 2.05) is 18.2 Å². The van der Waals surface area contributed by atoms with Crippen LogP contribution in [0.1, 0.15) is 0 Å². The molecule has 1 nitrogen and oxygen atoms in total. The Bertz CT molecular complexity index is 610. The van der Waals surface area contributed by atoms with E-state index in [0.29, 0.717) is 0 Å². The standard InChI is InChI=1S/C12H7BrO/c13-10-3-1-2-8-4-5-11-9(12(8)10)6-7-14-11/h1-7H. The van der Waals surface area contributed by atoms with Crippen molar-refractivity contribution in [1.29, 1.82) is 0 Å². The zero-order valence-electron chi connectivity index (χ0n) is 7.33. The lowest BCUT2D eigenvalue weighted by Crippen LogP contribution is -1.74. The van der Waals surface area contributed by atoms with Crippen molar-refractivity contribution in [2.45, 2.75) is 0 Å². The maximum absolute atomic E-state index is 5.36. The zero-order valence-corrected chi connectivity index (χ0v) is 8.91. The van der Waals surface area contributed by atoms with Gasteiger partial charge in [-0.2, -0.15) is 0 Å². The Balaban J connectivity index is 2.67. The Kier molecular flexibility index (Phi) is 1.64. The molecule has 3 aromatic rings. The van der Waals surface area contributed by atoms with Gasteiger partial charge >= 0.3 is 0 Å². The molecule has 0 radical (unpaired) electrons. The Hall–Kier alpha value is -1.28. The van der Waals surface area contributed by atoms with E-state index >= 15 is 0 Å². The van der Waals surface area contributed by atoms with E-state index in [1.165, 1.54) is 10.8 Å². The molecule has 2 heteroatoms. The van der Waals surface area contributed by atoms with Gasteiger partial charge in [-0.25, -0.2) is 0 Å². The van der Waals surface area contributed by atoms with E-state index in [4.69, 9.17) is 4.42 Å².